The summed E-state index contributed by atoms with van der Waals surface area (Å²) in [5.74, 6) is 1.93. The van der Waals surface area contributed by atoms with Crippen LogP contribution in [0.3, 0.4) is 0 Å². The summed E-state index contributed by atoms with van der Waals surface area (Å²) in [6.45, 7) is 6.45. The molecule has 0 atom stereocenters. The third-order valence-electron chi connectivity index (χ3n) is 2.78. The molecule has 2 aromatic rings. The molecule has 6 nitrogen and oxygen atoms in total. The molecular weight excluding hydrogens is 206 g/mol. The molecule has 0 radical (unpaired) electrons. The summed E-state index contributed by atoms with van der Waals surface area (Å²) >= 11 is 0. The molecule has 0 spiro atoms. The topological polar surface area (TPSA) is 68.8 Å². The van der Waals surface area contributed by atoms with Crippen molar-refractivity contribution >= 4 is 0 Å². The minimum absolute atomic E-state index is 0.508. The fourth-order valence-electron chi connectivity index (χ4n) is 2.07. The summed E-state index contributed by atoms with van der Waals surface area (Å²) in [7, 11) is 0. The number of hydrogen-bond acceptors (Lipinski definition) is 5. The third-order valence-corrected chi connectivity index (χ3v) is 2.78. The highest BCUT2D eigenvalue weighted by molar-refractivity contribution is 5.45. The number of hydrogen-bond donors (Lipinski definition) is 1. The Morgan fingerprint density at radius 2 is 2.25 bits per heavy atom. The Morgan fingerprint density at radius 3 is 2.94 bits per heavy atom. The normalized spacial score (nSPS) is 14.4. The second kappa shape index (κ2) is 3.41. The first-order valence-electron chi connectivity index (χ1n) is 5.39. The van der Waals surface area contributed by atoms with E-state index in [0.717, 1.165) is 31.2 Å². The van der Waals surface area contributed by atoms with Crippen LogP contribution in [0.15, 0.2) is 4.52 Å². The van der Waals surface area contributed by atoms with Crippen molar-refractivity contribution in [1.29, 1.82) is 0 Å². The maximum Gasteiger partial charge on any atom is 0.293 e. The largest absolute Gasteiger partial charge is 0.331 e. The van der Waals surface area contributed by atoms with Crippen molar-refractivity contribution in [1.82, 2.24) is 25.0 Å². The van der Waals surface area contributed by atoms with E-state index in [1.165, 1.54) is 5.69 Å². The second-order valence-corrected chi connectivity index (χ2v) is 3.82. The molecule has 6 heteroatoms. The second-order valence-electron chi connectivity index (χ2n) is 3.82. The van der Waals surface area contributed by atoms with E-state index in [0.29, 0.717) is 11.7 Å². The van der Waals surface area contributed by atoms with Crippen LogP contribution in [0.4, 0.5) is 0 Å². The van der Waals surface area contributed by atoms with Crippen LogP contribution in [0.5, 0.6) is 0 Å². The van der Waals surface area contributed by atoms with Crippen molar-refractivity contribution in [3.05, 3.63) is 17.2 Å². The highest BCUT2D eigenvalue weighted by Crippen LogP contribution is 2.23. The van der Waals surface area contributed by atoms with E-state index in [1.807, 2.05) is 6.92 Å². The zero-order chi connectivity index (χ0) is 11.1. The molecule has 3 rings (SSSR count). The van der Waals surface area contributed by atoms with Crippen molar-refractivity contribution in [2.75, 3.05) is 0 Å². The van der Waals surface area contributed by atoms with Gasteiger partial charge in [0.05, 0.1) is 11.4 Å². The van der Waals surface area contributed by atoms with Crippen molar-refractivity contribution in [3.8, 4) is 11.7 Å². The maximum atomic E-state index is 5.16. The number of fused-ring (bicyclic) bond motifs is 1. The molecule has 3 heterocycles. The zero-order valence-electron chi connectivity index (χ0n) is 9.32. The lowest BCUT2D eigenvalue weighted by molar-refractivity contribution is 0.420. The van der Waals surface area contributed by atoms with Gasteiger partial charge in [0, 0.05) is 19.6 Å². The molecule has 1 aliphatic heterocycles. The van der Waals surface area contributed by atoms with E-state index in [4.69, 9.17) is 4.52 Å². The van der Waals surface area contributed by atoms with Gasteiger partial charge in [-0.15, -0.1) is 0 Å². The Bertz CT molecular complexity index is 527. The van der Waals surface area contributed by atoms with Gasteiger partial charge >= 0.3 is 0 Å². The average molecular weight is 219 g/mol. The molecule has 0 saturated carbocycles. The van der Waals surface area contributed by atoms with Gasteiger partial charge in [-0.3, -0.25) is 0 Å². The van der Waals surface area contributed by atoms with Crippen molar-refractivity contribution in [3.63, 3.8) is 0 Å². The molecule has 1 aliphatic rings. The third kappa shape index (κ3) is 1.26. The van der Waals surface area contributed by atoms with E-state index in [2.05, 4.69) is 31.9 Å². The van der Waals surface area contributed by atoms with Crippen LogP contribution in [0, 0.1) is 6.92 Å². The van der Waals surface area contributed by atoms with Gasteiger partial charge in [-0.1, -0.05) is 5.16 Å². The number of aromatic nitrogens is 4. The number of nitrogens with zero attached hydrogens (tertiary/aromatic N) is 4. The summed E-state index contributed by atoms with van der Waals surface area (Å²) in [6, 6.07) is 0. The predicted molar refractivity (Wildman–Crippen MR) is 56.5 cm³/mol. The van der Waals surface area contributed by atoms with Gasteiger partial charge in [0.2, 0.25) is 0 Å². The van der Waals surface area contributed by atoms with E-state index >= 15 is 0 Å². The minimum atomic E-state index is 0.508. The lowest BCUT2D eigenvalue weighted by atomic mass is 10.4. The van der Waals surface area contributed by atoms with E-state index in [1.54, 1.807) is 0 Å². The molecule has 0 saturated heterocycles. The Morgan fingerprint density at radius 1 is 1.38 bits per heavy atom. The summed E-state index contributed by atoms with van der Waals surface area (Å²) in [5.41, 5.74) is 2.32. The summed E-state index contributed by atoms with van der Waals surface area (Å²) in [6.07, 6.45) is 0. The smallest absolute Gasteiger partial charge is 0.293 e. The Balaban J connectivity index is 2.14. The molecule has 0 amide bonds. The molecule has 1 N–H and O–H groups in total. The van der Waals surface area contributed by atoms with Crippen molar-refractivity contribution in [2.24, 2.45) is 0 Å². The quantitative estimate of drug-likeness (QED) is 0.811. The number of nitrogens with one attached hydrogen (secondary N) is 1. The zero-order valence-corrected chi connectivity index (χ0v) is 9.32. The Hall–Kier alpha value is -1.69. The van der Waals surface area contributed by atoms with E-state index in [9.17, 15) is 0 Å². The molecule has 0 bridgehead atoms. The van der Waals surface area contributed by atoms with Crippen LogP contribution in [0.1, 0.15) is 24.1 Å². The van der Waals surface area contributed by atoms with Gasteiger partial charge in [-0.2, -0.15) is 4.98 Å². The van der Waals surface area contributed by atoms with Crippen molar-refractivity contribution in [2.45, 2.75) is 33.5 Å². The standard InChI is InChI=1S/C10H13N5O/c1-3-15-8-5-11-4-7(8)13-9(15)10-12-6(2)14-16-10/h11H,3-5H2,1-2H3. The summed E-state index contributed by atoms with van der Waals surface area (Å²) < 4.78 is 7.29. The van der Waals surface area contributed by atoms with Crippen LogP contribution in [0.2, 0.25) is 0 Å². The number of imidazole rings is 1. The first-order valence-corrected chi connectivity index (χ1v) is 5.39. The first kappa shape index (κ1) is 9.53. The summed E-state index contributed by atoms with van der Waals surface area (Å²) in [5, 5.41) is 7.07. The molecule has 16 heavy (non-hydrogen) atoms. The van der Waals surface area contributed by atoms with Gasteiger partial charge in [0.15, 0.2) is 11.6 Å². The fourth-order valence-corrected chi connectivity index (χ4v) is 2.07. The van der Waals surface area contributed by atoms with Crippen LogP contribution in [0.25, 0.3) is 11.7 Å². The fraction of sp³-hybridized carbons (Fsp3) is 0.500. The van der Waals surface area contributed by atoms with Gasteiger partial charge < -0.3 is 14.4 Å². The van der Waals surface area contributed by atoms with Gasteiger partial charge in [0.25, 0.3) is 5.89 Å². The van der Waals surface area contributed by atoms with Crippen LogP contribution in [-0.4, -0.2) is 19.7 Å². The molecular formula is C10H13N5O. The lowest BCUT2D eigenvalue weighted by Crippen LogP contribution is -2.08. The van der Waals surface area contributed by atoms with E-state index < -0.39 is 0 Å². The number of rotatable bonds is 2. The van der Waals surface area contributed by atoms with Gasteiger partial charge in [-0.25, -0.2) is 4.98 Å². The molecule has 84 valence electrons. The predicted octanol–water partition coefficient (Wildman–Crippen LogP) is 0.865. The van der Waals surface area contributed by atoms with Gasteiger partial charge in [0.1, 0.15) is 0 Å². The number of aryl methyl sites for hydroxylation is 1. The van der Waals surface area contributed by atoms with Crippen LogP contribution >= 0.6 is 0 Å². The molecule has 0 fully saturated rings. The average Bonchev–Trinajstić information content (AvgIpc) is 2.90. The molecule has 0 unspecified atom stereocenters. The highest BCUT2D eigenvalue weighted by Gasteiger charge is 2.23. The first-order chi connectivity index (χ1) is 7.79. The summed E-state index contributed by atoms with van der Waals surface area (Å²) in [4.78, 5) is 8.77. The maximum absolute atomic E-state index is 5.16. The Kier molecular flexibility index (Phi) is 2.03. The van der Waals surface area contributed by atoms with E-state index in [-0.39, 0.29) is 0 Å². The van der Waals surface area contributed by atoms with Crippen molar-refractivity contribution < 1.29 is 4.52 Å². The molecule has 0 aromatic carbocycles. The minimum Gasteiger partial charge on any atom is -0.331 e. The monoisotopic (exact) mass is 219 g/mol. The molecule has 2 aromatic heterocycles. The highest BCUT2D eigenvalue weighted by atomic mass is 16.5. The van der Waals surface area contributed by atoms with Gasteiger partial charge in [-0.05, 0) is 13.8 Å². The molecule has 0 aliphatic carbocycles. The lowest BCUT2D eigenvalue weighted by Gasteiger charge is -2.04. The Labute approximate surface area is 92.7 Å². The SMILES string of the molecule is CCn1c(-c2nc(C)no2)nc2c1CNC2. The van der Waals surface area contributed by atoms with Crippen LogP contribution in [-0.2, 0) is 19.6 Å². The van der Waals surface area contributed by atoms with Crippen LogP contribution < -0.4 is 5.32 Å².